The highest BCUT2D eigenvalue weighted by Crippen LogP contribution is 2.26. The molecule has 0 radical (unpaired) electrons. The lowest BCUT2D eigenvalue weighted by molar-refractivity contribution is 0.102. The number of hydrogen-bond donors (Lipinski definition) is 0. The lowest BCUT2D eigenvalue weighted by atomic mass is 10.1. The van der Waals surface area contributed by atoms with Gasteiger partial charge in [-0.05, 0) is 63.1 Å². The van der Waals surface area contributed by atoms with Crippen molar-refractivity contribution in [1.82, 2.24) is 0 Å². The van der Waals surface area contributed by atoms with E-state index in [0.29, 0.717) is 5.56 Å². The van der Waals surface area contributed by atoms with E-state index in [4.69, 9.17) is 11.6 Å². The average Bonchev–Trinajstić information content (AvgIpc) is 2.13. The number of carbonyl (C=O) groups excluding carboxylic acids is 1. The maximum absolute atomic E-state index is 11.3. The molecule has 1 nitrogen and oxygen atoms in total. The normalized spacial score (nSPS) is 10.2. The first-order chi connectivity index (χ1) is 6.07. The highest BCUT2D eigenvalue weighted by Gasteiger charge is 2.11. The number of benzene rings is 1. The fourth-order valence-corrected chi connectivity index (χ4v) is 2.48. The zero-order chi connectivity index (χ0) is 10.0. The van der Waals surface area contributed by atoms with Crippen LogP contribution in [0.2, 0.25) is 0 Å². The molecular weight excluding hydrogens is 366 g/mol. The Morgan fingerprint density at radius 3 is 2.77 bits per heavy atom. The first-order valence-electron chi connectivity index (χ1n) is 3.61. The summed E-state index contributed by atoms with van der Waals surface area (Å²) >= 11 is 11.1. The fourth-order valence-electron chi connectivity index (χ4n) is 0.949. The molecule has 0 aromatic heterocycles. The number of ketones is 1. The van der Waals surface area contributed by atoms with Crippen LogP contribution in [0.25, 0.3) is 0 Å². The van der Waals surface area contributed by atoms with Gasteiger partial charge in [0.25, 0.3) is 0 Å². The van der Waals surface area contributed by atoms with Crippen LogP contribution in [0.1, 0.15) is 15.9 Å². The minimum Gasteiger partial charge on any atom is -0.293 e. The molecule has 0 aliphatic rings. The Hall–Kier alpha value is 0.390. The van der Waals surface area contributed by atoms with Gasteiger partial charge in [-0.1, -0.05) is 0 Å². The van der Waals surface area contributed by atoms with Crippen LogP contribution in [0.15, 0.2) is 16.6 Å². The van der Waals surface area contributed by atoms with Crippen LogP contribution >= 0.6 is 50.1 Å². The van der Waals surface area contributed by atoms with E-state index in [2.05, 4.69) is 38.5 Å². The van der Waals surface area contributed by atoms with E-state index in [-0.39, 0.29) is 11.7 Å². The van der Waals surface area contributed by atoms with Crippen molar-refractivity contribution in [1.29, 1.82) is 0 Å². The third-order valence-electron chi connectivity index (χ3n) is 1.74. The van der Waals surface area contributed by atoms with Gasteiger partial charge in [0.15, 0.2) is 5.78 Å². The average molecular weight is 373 g/mol. The van der Waals surface area contributed by atoms with E-state index in [1.807, 2.05) is 13.0 Å². The molecule has 1 rings (SSSR count). The Balaban J connectivity index is 3.26. The van der Waals surface area contributed by atoms with Crippen molar-refractivity contribution in [2.45, 2.75) is 6.92 Å². The smallest absolute Gasteiger partial charge is 0.178 e. The van der Waals surface area contributed by atoms with Gasteiger partial charge in [0, 0.05) is 13.6 Å². The number of alkyl halides is 1. The summed E-state index contributed by atoms with van der Waals surface area (Å²) < 4.78 is 1.99. The molecular formula is C9H7BrClIO. The molecule has 0 spiro atoms. The largest absolute Gasteiger partial charge is 0.293 e. The Morgan fingerprint density at radius 1 is 1.62 bits per heavy atom. The van der Waals surface area contributed by atoms with Gasteiger partial charge in [0.1, 0.15) is 0 Å². The molecule has 4 heteroatoms. The van der Waals surface area contributed by atoms with Crippen LogP contribution in [-0.4, -0.2) is 11.7 Å². The van der Waals surface area contributed by atoms with Crippen molar-refractivity contribution in [2.75, 3.05) is 5.88 Å². The summed E-state index contributed by atoms with van der Waals surface area (Å²) in [5.74, 6) is -0.0217. The Kier molecular flexibility index (Phi) is 4.19. The molecule has 0 amide bonds. The molecule has 0 atom stereocenters. The number of carbonyl (C=O) groups is 1. The quantitative estimate of drug-likeness (QED) is 0.438. The topological polar surface area (TPSA) is 17.1 Å². The number of hydrogen-bond acceptors (Lipinski definition) is 1. The highest BCUT2D eigenvalue weighted by molar-refractivity contribution is 14.1. The van der Waals surface area contributed by atoms with E-state index in [1.165, 1.54) is 0 Å². The third-order valence-corrected chi connectivity index (χ3v) is 4.18. The molecule has 13 heavy (non-hydrogen) atoms. The molecule has 0 heterocycles. The molecule has 0 aliphatic heterocycles. The molecule has 0 saturated carbocycles. The van der Waals surface area contributed by atoms with Gasteiger partial charge < -0.3 is 0 Å². The molecule has 1 aromatic rings. The van der Waals surface area contributed by atoms with Crippen LogP contribution in [0, 0.1) is 10.5 Å². The highest BCUT2D eigenvalue weighted by atomic mass is 127. The molecule has 0 fully saturated rings. The Labute approximate surface area is 104 Å². The Bertz CT molecular complexity index is 352. The zero-order valence-corrected chi connectivity index (χ0v) is 11.4. The predicted molar refractivity (Wildman–Crippen MR) is 66.6 cm³/mol. The van der Waals surface area contributed by atoms with Crippen molar-refractivity contribution < 1.29 is 4.79 Å². The maximum Gasteiger partial charge on any atom is 0.178 e. The molecule has 70 valence electrons. The second kappa shape index (κ2) is 4.75. The van der Waals surface area contributed by atoms with Crippen molar-refractivity contribution in [3.8, 4) is 0 Å². The second-order valence-corrected chi connectivity index (χ2v) is 4.81. The summed E-state index contributed by atoms with van der Waals surface area (Å²) in [5, 5.41) is 0. The summed E-state index contributed by atoms with van der Waals surface area (Å²) in [5.41, 5.74) is 1.74. The number of halogens is 3. The van der Waals surface area contributed by atoms with Crippen molar-refractivity contribution in [3.63, 3.8) is 0 Å². The van der Waals surface area contributed by atoms with Crippen molar-refractivity contribution in [2.24, 2.45) is 0 Å². The third kappa shape index (κ3) is 2.44. The van der Waals surface area contributed by atoms with E-state index in [9.17, 15) is 4.79 Å². The molecule has 0 aliphatic carbocycles. The number of Topliss-reactive ketones (excluding diaryl/α,β-unsaturated/α-hetero) is 1. The SMILES string of the molecule is Cc1c(I)ccc(C(=O)CCl)c1Br. The summed E-state index contributed by atoms with van der Waals surface area (Å²) in [4.78, 5) is 11.3. The minimum atomic E-state index is -0.0481. The van der Waals surface area contributed by atoms with Crippen LogP contribution in [0.4, 0.5) is 0 Å². The Morgan fingerprint density at radius 2 is 2.23 bits per heavy atom. The summed E-state index contributed by atoms with van der Waals surface area (Å²) in [7, 11) is 0. The first kappa shape index (κ1) is 11.5. The number of rotatable bonds is 2. The van der Waals surface area contributed by atoms with E-state index < -0.39 is 0 Å². The second-order valence-electron chi connectivity index (χ2n) is 2.59. The summed E-state index contributed by atoms with van der Waals surface area (Å²) in [6.07, 6.45) is 0. The van der Waals surface area contributed by atoms with Crippen molar-refractivity contribution in [3.05, 3.63) is 31.3 Å². The molecule has 1 aromatic carbocycles. The van der Waals surface area contributed by atoms with Crippen molar-refractivity contribution >= 4 is 55.9 Å². The molecule has 0 unspecified atom stereocenters. The van der Waals surface area contributed by atoms with Crippen LogP contribution in [0.5, 0.6) is 0 Å². The van der Waals surface area contributed by atoms with Gasteiger partial charge in [-0.2, -0.15) is 0 Å². The zero-order valence-electron chi connectivity index (χ0n) is 6.90. The monoisotopic (exact) mass is 372 g/mol. The van der Waals surface area contributed by atoms with Crippen LogP contribution in [0.3, 0.4) is 0 Å². The molecule has 0 bridgehead atoms. The fraction of sp³-hybridized carbons (Fsp3) is 0.222. The molecule has 0 N–H and O–H groups in total. The predicted octanol–water partition coefficient (Wildman–Crippen LogP) is 3.78. The minimum absolute atomic E-state index is 0.0264. The van der Waals surface area contributed by atoms with Gasteiger partial charge in [-0.25, -0.2) is 0 Å². The first-order valence-corrected chi connectivity index (χ1v) is 6.02. The maximum atomic E-state index is 11.3. The van der Waals surface area contributed by atoms with Crippen LogP contribution < -0.4 is 0 Å². The van der Waals surface area contributed by atoms with Crippen LogP contribution in [-0.2, 0) is 0 Å². The standard InChI is InChI=1S/C9H7BrClIO/c1-5-7(12)3-2-6(9(5)10)8(13)4-11/h2-3H,4H2,1H3. The lowest BCUT2D eigenvalue weighted by Gasteiger charge is -2.06. The summed E-state index contributed by atoms with van der Waals surface area (Å²) in [6.45, 7) is 1.97. The van der Waals surface area contributed by atoms with Gasteiger partial charge in [-0.15, -0.1) is 11.6 Å². The van der Waals surface area contributed by atoms with E-state index >= 15 is 0 Å². The van der Waals surface area contributed by atoms with E-state index in [1.54, 1.807) is 6.07 Å². The summed E-state index contributed by atoms with van der Waals surface area (Å²) in [6, 6.07) is 3.71. The van der Waals surface area contributed by atoms with Gasteiger partial charge >= 0.3 is 0 Å². The van der Waals surface area contributed by atoms with Gasteiger partial charge in [0.05, 0.1) is 5.88 Å². The van der Waals surface area contributed by atoms with Gasteiger partial charge in [-0.3, -0.25) is 4.79 Å². The lowest BCUT2D eigenvalue weighted by Crippen LogP contribution is -2.03. The van der Waals surface area contributed by atoms with Gasteiger partial charge in [0.2, 0.25) is 0 Å². The van der Waals surface area contributed by atoms with E-state index in [0.717, 1.165) is 13.6 Å². The molecule has 0 saturated heterocycles.